The topological polar surface area (TPSA) is 47.3 Å². The number of hydrogen-bond acceptors (Lipinski definition) is 3. The number of nitrogens with zero attached hydrogens (tertiary/aromatic N) is 2. The second kappa shape index (κ2) is 6.43. The van der Waals surface area contributed by atoms with Crippen molar-refractivity contribution in [2.75, 3.05) is 24.6 Å². The third-order valence-corrected chi connectivity index (χ3v) is 2.65. The monoisotopic (exact) mass is 272 g/mol. The molecule has 0 atom stereocenters. The van der Waals surface area contributed by atoms with Crippen molar-refractivity contribution in [3.63, 3.8) is 0 Å². The summed E-state index contributed by atoms with van der Waals surface area (Å²) in [6, 6.07) is 4.86. The van der Waals surface area contributed by atoms with E-state index >= 15 is 0 Å². The van der Waals surface area contributed by atoms with Crippen LogP contribution in [0.15, 0.2) is 18.2 Å². The summed E-state index contributed by atoms with van der Waals surface area (Å²) in [4.78, 5) is 1.71. The van der Waals surface area contributed by atoms with Gasteiger partial charge in [-0.2, -0.15) is 18.4 Å². The lowest BCUT2D eigenvalue weighted by Gasteiger charge is -2.24. The van der Waals surface area contributed by atoms with Crippen molar-refractivity contribution >= 4 is 5.69 Å². The molecule has 1 rings (SSSR count). The Morgan fingerprint density at radius 1 is 1.32 bits per heavy atom. The van der Waals surface area contributed by atoms with E-state index in [4.69, 9.17) is 10.4 Å². The molecule has 1 N–H and O–H groups in total. The van der Waals surface area contributed by atoms with Crippen molar-refractivity contribution in [3.05, 3.63) is 29.3 Å². The van der Waals surface area contributed by atoms with Gasteiger partial charge in [-0.05, 0) is 24.6 Å². The SMILES string of the molecule is CCCN(CCO)c1ccc(C(F)(F)F)cc1C#N. The van der Waals surface area contributed by atoms with Gasteiger partial charge in [0.25, 0.3) is 0 Å². The summed E-state index contributed by atoms with van der Waals surface area (Å²) in [5.41, 5.74) is -0.448. The zero-order valence-corrected chi connectivity index (χ0v) is 10.5. The number of aliphatic hydroxyl groups excluding tert-OH is 1. The van der Waals surface area contributed by atoms with Gasteiger partial charge < -0.3 is 10.0 Å². The number of hydrogen-bond donors (Lipinski definition) is 1. The lowest BCUT2D eigenvalue weighted by atomic mass is 10.1. The minimum absolute atomic E-state index is 0.0308. The number of alkyl halides is 3. The van der Waals surface area contributed by atoms with Crippen LogP contribution < -0.4 is 4.90 Å². The van der Waals surface area contributed by atoms with E-state index in [9.17, 15) is 13.2 Å². The molecule has 1 aromatic rings. The fourth-order valence-corrected chi connectivity index (χ4v) is 1.82. The number of rotatable bonds is 5. The largest absolute Gasteiger partial charge is 0.416 e. The number of anilines is 1. The van der Waals surface area contributed by atoms with Crippen LogP contribution in [0.5, 0.6) is 0 Å². The molecular formula is C13H15F3N2O. The Balaban J connectivity index is 3.18. The first kappa shape index (κ1) is 15.3. The molecule has 0 aromatic heterocycles. The van der Waals surface area contributed by atoms with Crippen molar-refractivity contribution in [1.29, 1.82) is 5.26 Å². The maximum Gasteiger partial charge on any atom is 0.416 e. The second-order valence-corrected chi connectivity index (χ2v) is 4.05. The van der Waals surface area contributed by atoms with Crippen LogP contribution in [0.25, 0.3) is 0 Å². The first-order valence-electron chi connectivity index (χ1n) is 5.91. The van der Waals surface area contributed by atoms with E-state index in [0.717, 1.165) is 18.6 Å². The standard InChI is InChI=1S/C13H15F3N2O/c1-2-5-18(6-7-19)12-4-3-11(13(14,15)16)8-10(12)9-17/h3-4,8,19H,2,5-7H2,1H3. The molecule has 0 heterocycles. The van der Waals surface area contributed by atoms with Crippen LogP contribution in [0.3, 0.4) is 0 Å². The van der Waals surface area contributed by atoms with E-state index in [1.54, 1.807) is 11.0 Å². The molecule has 0 saturated carbocycles. The highest BCUT2D eigenvalue weighted by molar-refractivity contribution is 5.60. The van der Waals surface area contributed by atoms with E-state index in [0.29, 0.717) is 12.2 Å². The molecule has 0 spiro atoms. The van der Waals surface area contributed by atoms with Crippen molar-refractivity contribution < 1.29 is 18.3 Å². The van der Waals surface area contributed by atoms with Gasteiger partial charge in [0, 0.05) is 13.1 Å². The van der Waals surface area contributed by atoms with E-state index in [-0.39, 0.29) is 18.7 Å². The molecule has 104 valence electrons. The highest BCUT2D eigenvalue weighted by Gasteiger charge is 2.31. The maximum absolute atomic E-state index is 12.6. The Morgan fingerprint density at radius 2 is 2.00 bits per heavy atom. The fourth-order valence-electron chi connectivity index (χ4n) is 1.82. The molecule has 0 aliphatic carbocycles. The van der Waals surface area contributed by atoms with Gasteiger partial charge in [0.05, 0.1) is 23.4 Å². The van der Waals surface area contributed by atoms with Crippen LogP contribution in [0, 0.1) is 11.3 Å². The molecule has 6 heteroatoms. The van der Waals surface area contributed by atoms with Crippen LogP contribution in [0.1, 0.15) is 24.5 Å². The quantitative estimate of drug-likeness (QED) is 0.896. The highest BCUT2D eigenvalue weighted by Crippen LogP contribution is 2.32. The summed E-state index contributed by atoms with van der Waals surface area (Å²) in [7, 11) is 0. The zero-order chi connectivity index (χ0) is 14.5. The number of benzene rings is 1. The molecule has 0 aliphatic rings. The van der Waals surface area contributed by atoms with Gasteiger partial charge in [0.15, 0.2) is 0 Å². The normalized spacial score (nSPS) is 11.2. The van der Waals surface area contributed by atoms with Gasteiger partial charge in [0.1, 0.15) is 6.07 Å². The first-order valence-corrected chi connectivity index (χ1v) is 5.91. The Kier molecular flexibility index (Phi) is 5.19. The average molecular weight is 272 g/mol. The summed E-state index contributed by atoms with van der Waals surface area (Å²) in [6.07, 6.45) is -3.69. The molecule has 0 fully saturated rings. The summed E-state index contributed by atoms with van der Waals surface area (Å²) in [6.45, 7) is 2.65. The first-order chi connectivity index (χ1) is 8.93. The third-order valence-electron chi connectivity index (χ3n) is 2.65. The molecule has 0 saturated heterocycles. The summed E-state index contributed by atoms with van der Waals surface area (Å²) in [5.74, 6) is 0. The van der Waals surface area contributed by atoms with Crippen LogP contribution in [-0.4, -0.2) is 24.8 Å². The van der Waals surface area contributed by atoms with Gasteiger partial charge in [-0.25, -0.2) is 0 Å². The van der Waals surface area contributed by atoms with Crippen molar-refractivity contribution in [2.24, 2.45) is 0 Å². The predicted molar refractivity (Wildman–Crippen MR) is 65.7 cm³/mol. The Morgan fingerprint density at radius 3 is 2.47 bits per heavy atom. The molecule has 0 radical (unpaired) electrons. The number of halogens is 3. The molecule has 0 bridgehead atoms. The lowest BCUT2D eigenvalue weighted by molar-refractivity contribution is -0.137. The fraction of sp³-hybridized carbons (Fsp3) is 0.462. The Hall–Kier alpha value is -1.74. The van der Waals surface area contributed by atoms with Crippen molar-refractivity contribution in [2.45, 2.75) is 19.5 Å². The Labute approximate surface area is 109 Å². The molecular weight excluding hydrogens is 257 g/mol. The Bertz CT molecular complexity index is 460. The lowest BCUT2D eigenvalue weighted by Crippen LogP contribution is -2.28. The molecule has 19 heavy (non-hydrogen) atoms. The molecule has 0 aliphatic heterocycles. The molecule has 0 unspecified atom stereocenters. The van der Waals surface area contributed by atoms with Gasteiger partial charge >= 0.3 is 6.18 Å². The molecule has 1 aromatic carbocycles. The zero-order valence-electron chi connectivity index (χ0n) is 10.5. The third kappa shape index (κ3) is 3.86. The van der Waals surface area contributed by atoms with E-state index < -0.39 is 11.7 Å². The molecule has 3 nitrogen and oxygen atoms in total. The predicted octanol–water partition coefficient (Wildman–Crippen LogP) is 2.79. The van der Waals surface area contributed by atoms with Gasteiger partial charge in [-0.15, -0.1) is 0 Å². The van der Waals surface area contributed by atoms with Crippen LogP contribution >= 0.6 is 0 Å². The molecule has 0 amide bonds. The van der Waals surface area contributed by atoms with E-state index in [1.165, 1.54) is 6.07 Å². The summed E-state index contributed by atoms with van der Waals surface area (Å²) in [5, 5.41) is 18.0. The van der Waals surface area contributed by atoms with Gasteiger partial charge in [0.2, 0.25) is 0 Å². The number of aliphatic hydroxyl groups is 1. The van der Waals surface area contributed by atoms with Crippen molar-refractivity contribution in [3.8, 4) is 6.07 Å². The summed E-state index contributed by atoms with van der Waals surface area (Å²) >= 11 is 0. The minimum Gasteiger partial charge on any atom is -0.395 e. The van der Waals surface area contributed by atoms with Gasteiger partial charge in [-0.1, -0.05) is 6.92 Å². The summed E-state index contributed by atoms with van der Waals surface area (Å²) < 4.78 is 37.7. The van der Waals surface area contributed by atoms with Crippen molar-refractivity contribution in [1.82, 2.24) is 0 Å². The second-order valence-electron chi connectivity index (χ2n) is 4.05. The minimum atomic E-state index is -4.46. The van der Waals surface area contributed by atoms with Crippen LogP contribution in [-0.2, 0) is 6.18 Å². The van der Waals surface area contributed by atoms with Gasteiger partial charge in [-0.3, -0.25) is 0 Å². The van der Waals surface area contributed by atoms with Crippen LogP contribution in [0.2, 0.25) is 0 Å². The average Bonchev–Trinajstić information content (AvgIpc) is 2.36. The van der Waals surface area contributed by atoms with E-state index in [2.05, 4.69) is 0 Å². The smallest absolute Gasteiger partial charge is 0.395 e. The highest BCUT2D eigenvalue weighted by atomic mass is 19.4. The van der Waals surface area contributed by atoms with E-state index in [1.807, 2.05) is 6.92 Å². The van der Waals surface area contributed by atoms with Crippen LogP contribution in [0.4, 0.5) is 18.9 Å². The maximum atomic E-state index is 12.6. The number of nitriles is 1.